The van der Waals surface area contributed by atoms with E-state index in [2.05, 4.69) is 20.8 Å². The van der Waals surface area contributed by atoms with Gasteiger partial charge in [0.05, 0.1) is 18.7 Å². The van der Waals surface area contributed by atoms with Crippen LogP contribution in [0.1, 0.15) is 30.0 Å². The maximum atomic E-state index is 5.63. The van der Waals surface area contributed by atoms with E-state index in [0.717, 1.165) is 28.1 Å². The Labute approximate surface area is 168 Å². The number of ether oxygens (including phenoxy) is 1. The maximum absolute atomic E-state index is 5.63. The molecule has 0 radical (unpaired) electrons. The highest BCUT2D eigenvalue weighted by Crippen LogP contribution is 2.35. The first-order valence-electron chi connectivity index (χ1n) is 8.88. The molecule has 0 unspecified atom stereocenters. The number of hydrogen-bond donors (Lipinski definition) is 2. The Balaban J connectivity index is 1.76. The number of hydrogen-bond acceptors (Lipinski definition) is 5. The van der Waals surface area contributed by atoms with Gasteiger partial charge in [0.2, 0.25) is 5.82 Å². The molecule has 1 atom stereocenters. The molecule has 142 valence electrons. The van der Waals surface area contributed by atoms with E-state index < -0.39 is 0 Å². The molecule has 7 heteroatoms. The van der Waals surface area contributed by atoms with Crippen LogP contribution in [0.15, 0.2) is 58.8 Å². The molecule has 1 aromatic heterocycles. The molecule has 2 N–H and O–H groups in total. The minimum absolute atomic E-state index is 0.227. The molecule has 1 aliphatic rings. The molecule has 2 heterocycles. The van der Waals surface area contributed by atoms with Crippen LogP contribution < -0.4 is 15.4 Å². The summed E-state index contributed by atoms with van der Waals surface area (Å²) in [6.07, 6.45) is 0. The number of methoxy groups -OCH3 is 1. The zero-order chi connectivity index (χ0) is 19.7. The maximum Gasteiger partial charge on any atom is 0.258 e. The molecule has 0 spiro atoms. The molecule has 1 aliphatic heterocycles. The monoisotopic (exact) mass is 392 g/mol. The van der Waals surface area contributed by atoms with Crippen molar-refractivity contribution in [3.05, 3.63) is 71.2 Å². The lowest BCUT2D eigenvalue weighted by atomic mass is 9.95. The molecule has 0 bridgehead atoms. The smallest absolute Gasteiger partial charge is 0.258 e. The Morgan fingerprint density at radius 3 is 2.64 bits per heavy atom. The van der Waals surface area contributed by atoms with Crippen LogP contribution >= 0.6 is 12.2 Å². The van der Waals surface area contributed by atoms with Crippen molar-refractivity contribution in [2.24, 2.45) is 0 Å². The number of aryl methyl sites for hydroxylation is 1. The normalized spacial score (nSPS) is 16.5. The van der Waals surface area contributed by atoms with Crippen LogP contribution in [0.2, 0.25) is 0 Å². The van der Waals surface area contributed by atoms with Crippen LogP contribution in [0.25, 0.3) is 17.0 Å². The highest BCUT2D eigenvalue weighted by Gasteiger charge is 2.30. The first-order chi connectivity index (χ1) is 13.5. The molecule has 3 aromatic rings. The summed E-state index contributed by atoms with van der Waals surface area (Å²) in [5, 5.41) is 11.2. The molecule has 0 fully saturated rings. The third-order valence-electron chi connectivity index (χ3n) is 4.66. The number of nitrogens with zero attached hydrogens (tertiary/aromatic N) is 2. The first-order valence-corrected chi connectivity index (χ1v) is 9.29. The molecule has 28 heavy (non-hydrogen) atoms. The number of benzene rings is 2. The third kappa shape index (κ3) is 3.48. The van der Waals surface area contributed by atoms with Gasteiger partial charge in [-0.25, -0.2) is 0 Å². The van der Waals surface area contributed by atoms with Gasteiger partial charge in [0.25, 0.3) is 5.89 Å². The second-order valence-corrected chi connectivity index (χ2v) is 7.04. The van der Waals surface area contributed by atoms with Crippen LogP contribution in [0.3, 0.4) is 0 Å². The van der Waals surface area contributed by atoms with Gasteiger partial charge in [-0.2, -0.15) is 4.98 Å². The van der Waals surface area contributed by atoms with E-state index in [9.17, 15) is 0 Å². The summed E-state index contributed by atoms with van der Waals surface area (Å²) >= 11 is 5.36. The number of thiocarbonyl (C=S) groups is 1. The number of allylic oxidation sites excluding steroid dienone is 1. The SMILES string of the molecule is COc1cccc([C@@H]2NC(=S)NC(C)=C2c2nc(-c3ccc(C)cc3)no2)c1. The summed E-state index contributed by atoms with van der Waals surface area (Å²) in [6, 6.07) is 15.6. The molecule has 0 aliphatic carbocycles. The zero-order valence-electron chi connectivity index (χ0n) is 15.8. The second-order valence-electron chi connectivity index (χ2n) is 6.64. The van der Waals surface area contributed by atoms with Gasteiger partial charge in [0, 0.05) is 11.3 Å². The fourth-order valence-electron chi connectivity index (χ4n) is 3.20. The summed E-state index contributed by atoms with van der Waals surface area (Å²) < 4.78 is 11.0. The Bertz CT molecular complexity index is 1060. The Kier molecular flexibility index (Phi) is 4.83. The highest BCUT2D eigenvalue weighted by molar-refractivity contribution is 7.80. The molecule has 6 nitrogen and oxygen atoms in total. The molecular weight excluding hydrogens is 372 g/mol. The summed E-state index contributed by atoms with van der Waals surface area (Å²) in [4.78, 5) is 4.64. The van der Waals surface area contributed by atoms with E-state index in [1.54, 1.807) is 7.11 Å². The molecular formula is C21H20N4O2S. The van der Waals surface area contributed by atoms with Gasteiger partial charge >= 0.3 is 0 Å². The van der Waals surface area contributed by atoms with Crippen LogP contribution in [-0.2, 0) is 0 Å². The predicted octanol–water partition coefficient (Wildman–Crippen LogP) is 4.00. The lowest BCUT2D eigenvalue weighted by Gasteiger charge is -2.29. The van der Waals surface area contributed by atoms with Crippen molar-refractivity contribution in [1.29, 1.82) is 0 Å². The van der Waals surface area contributed by atoms with Gasteiger partial charge in [-0.3, -0.25) is 0 Å². The highest BCUT2D eigenvalue weighted by atomic mass is 32.1. The van der Waals surface area contributed by atoms with Crippen molar-refractivity contribution in [1.82, 2.24) is 20.8 Å². The topological polar surface area (TPSA) is 72.2 Å². The number of aromatic nitrogens is 2. The van der Waals surface area contributed by atoms with Gasteiger partial charge in [-0.05, 0) is 43.8 Å². The third-order valence-corrected chi connectivity index (χ3v) is 4.88. The fourth-order valence-corrected chi connectivity index (χ4v) is 3.47. The number of nitrogens with one attached hydrogen (secondary N) is 2. The summed E-state index contributed by atoms with van der Waals surface area (Å²) in [6.45, 7) is 3.99. The average Bonchev–Trinajstić information content (AvgIpc) is 3.17. The van der Waals surface area contributed by atoms with Crippen molar-refractivity contribution in [2.45, 2.75) is 19.9 Å². The molecule has 0 saturated heterocycles. The predicted molar refractivity (Wildman–Crippen MR) is 112 cm³/mol. The molecule has 0 saturated carbocycles. The van der Waals surface area contributed by atoms with E-state index >= 15 is 0 Å². The van der Waals surface area contributed by atoms with Crippen LogP contribution in [0.4, 0.5) is 0 Å². The average molecular weight is 392 g/mol. The second kappa shape index (κ2) is 7.44. The molecule has 4 rings (SSSR count). The lowest BCUT2D eigenvalue weighted by Crippen LogP contribution is -2.42. The van der Waals surface area contributed by atoms with Crippen molar-refractivity contribution in [3.8, 4) is 17.1 Å². The molecule has 0 amide bonds. The van der Waals surface area contributed by atoms with Crippen molar-refractivity contribution in [3.63, 3.8) is 0 Å². The quantitative estimate of drug-likeness (QED) is 0.650. The van der Waals surface area contributed by atoms with Crippen molar-refractivity contribution >= 4 is 22.9 Å². The van der Waals surface area contributed by atoms with Gasteiger partial charge in [-0.15, -0.1) is 0 Å². The lowest BCUT2D eigenvalue weighted by molar-refractivity contribution is 0.403. The Morgan fingerprint density at radius 1 is 1.11 bits per heavy atom. The summed E-state index contributed by atoms with van der Waals surface area (Å²) in [5.74, 6) is 1.77. The van der Waals surface area contributed by atoms with Crippen LogP contribution in [0, 0.1) is 6.92 Å². The van der Waals surface area contributed by atoms with Gasteiger partial charge in [0.1, 0.15) is 5.75 Å². The minimum Gasteiger partial charge on any atom is -0.497 e. The van der Waals surface area contributed by atoms with Crippen LogP contribution in [0.5, 0.6) is 5.75 Å². The Hall–Kier alpha value is -3.19. The van der Waals surface area contributed by atoms with E-state index in [-0.39, 0.29) is 6.04 Å². The fraction of sp³-hybridized carbons (Fsp3) is 0.190. The van der Waals surface area contributed by atoms with Crippen LogP contribution in [-0.4, -0.2) is 22.4 Å². The summed E-state index contributed by atoms with van der Waals surface area (Å²) in [7, 11) is 1.65. The Morgan fingerprint density at radius 2 is 1.89 bits per heavy atom. The number of rotatable bonds is 4. The standard InChI is InChI=1S/C21H20N4O2S/c1-12-7-9-14(10-8-12)19-24-20(27-25-19)17-13(2)22-21(28)23-18(17)15-5-4-6-16(11-15)26-3/h4-11,18H,1-3H3,(H2,22,23,28)/t18-/m0/s1. The van der Waals surface area contributed by atoms with Crippen molar-refractivity contribution in [2.75, 3.05) is 7.11 Å². The van der Waals surface area contributed by atoms with Gasteiger partial charge in [-0.1, -0.05) is 47.1 Å². The molecule has 2 aromatic carbocycles. The van der Waals surface area contributed by atoms with E-state index in [1.165, 1.54) is 5.56 Å². The summed E-state index contributed by atoms with van der Waals surface area (Å²) in [5.41, 5.74) is 4.80. The first kappa shape index (κ1) is 18.2. The van der Waals surface area contributed by atoms with Gasteiger partial charge < -0.3 is 19.9 Å². The van der Waals surface area contributed by atoms with E-state index in [0.29, 0.717) is 16.8 Å². The zero-order valence-corrected chi connectivity index (χ0v) is 16.6. The van der Waals surface area contributed by atoms with E-state index in [1.807, 2.05) is 62.4 Å². The van der Waals surface area contributed by atoms with Gasteiger partial charge in [0.15, 0.2) is 5.11 Å². The minimum atomic E-state index is -0.227. The van der Waals surface area contributed by atoms with E-state index in [4.69, 9.17) is 21.5 Å². The largest absolute Gasteiger partial charge is 0.497 e. The van der Waals surface area contributed by atoms with Crippen molar-refractivity contribution < 1.29 is 9.26 Å².